The van der Waals surface area contributed by atoms with Gasteiger partial charge >= 0.3 is 5.97 Å². The Hall–Kier alpha value is 0.610. The van der Waals surface area contributed by atoms with Crippen LogP contribution in [0.1, 0.15) is 27.0 Å². The number of carbonyl (C=O) groups excluding carboxylic acids is 1. The Balaban J connectivity index is 2.07. The van der Waals surface area contributed by atoms with Gasteiger partial charge in [0.1, 0.15) is 20.8 Å². The summed E-state index contributed by atoms with van der Waals surface area (Å²) in [6.45, 7) is 0. The van der Waals surface area contributed by atoms with Gasteiger partial charge in [0.25, 0.3) is 0 Å². The number of ether oxygens (including phenoxy) is 2. The van der Waals surface area contributed by atoms with E-state index in [0.717, 1.165) is 10.7 Å². The lowest BCUT2D eigenvalue weighted by Gasteiger charge is -2.38. The molecule has 0 amide bonds. The molecule has 0 aliphatic carbocycles. The first kappa shape index (κ1) is 25.3. The van der Waals surface area contributed by atoms with Crippen molar-refractivity contribution in [1.82, 2.24) is 0 Å². The first-order valence-corrected chi connectivity index (χ1v) is 14.5. The van der Waals surface area contributed by atoms with E-state index in [1.54, 1.807) is 6.07 Å². The third-order valence-corrected chi connectivity index (χ3v) is 14.3. The summed E-state index contributed by atoms with van der Waals surface area (Å²) in [7, 11) is 0. The number of hydrogen-bond acceptors (Lipinski definition) is 5. The van der Waals surface area contributed by atoms with Crippen LogP contribution in [0.3, 0.4) is 0 Å². The summed E-state index contributed by atoms with van der Waals surface area (Å²) in [5.41, 5.74) is -0.274. The lowest BCUT2D eigenvalue weighted by atomic mass is 9.77. The van der Waals surface area contributed by atoms with Crippen molar-refractivity contribution in [3.05, 3.63) is 68.8 Å². The normalized spacial score (nSPS) is 18.0. The first-order chi connectivity index (χ1) is 15.4. The molecule has 0 fully saturated rings. The van der Waals surface area contributed by atoms with Crippen LogP contribution in [0.5, 0.6) is 23.0 Å². The average Bonchev–Trinajstić information content (AvgIpc) is 3.08. The number of benzene rings is 3. The Bertz CT molecular complexity index is 1460. The molecule has 3 aromatic rings. The van der Waals surface area contributed by atoms with Crippen molar-refractivity contribution in [2.75, 3.05) is 0 Å². The molecule has 5 rings (SSSR count). The van der Waals surface area contributed by atoms with Gasteiger partial charge in [-0.25, -0.2) is 4.79 Å². The second kappa shape index (κ2) is 8.58. The number of esters is 1. The molecule has 2 aliphatic rings. The van der Waals surface area contributed by atoms with Crippen LogP contribution in [-0.4, -0.2) is 16.2 Å². The molecule has 2 N–H and O–H groups in total. The third-order valence-electron chi connectivity index (χ3n) is 5.34. The molecule has 13 heteroatoms. The molecular formula is C20H4Cl4I4O5. The molecule has 2 heterocycles. The van der Waals surface area contributed by atoms with Crippen LogP contribution >= 0.6 is 137 Å². The minimum Gasteiger partial charge on any atom is -0.506 e. The Labute approximate surface area is 261 Å². The molecule has 1 spiro atoms. The second-order valence-corrected chi connectivity index (χ2v) is 12.8. The maximum absolute atomic E-state index is 13.4. The summed E-state index contributed by atoms with van der Waals surface area (Å²) in [6, 6.07) is 2.91. The average molecular weight is 974 g/mol. The minimum atomic E-state index is -1.65. The maximum Gasteiger partial charge on any atom is 0.341 e. The van der Waals surface area contributed by atoms with Gasteiger partial charge in [-0.15, -0.1) is 0 Å². The Morgan fingerprint density at radius 3 is 2.06 bits per heavy atom. The van der Waals surface area contributed by atoms with Crippen LogP contribution in [0.2, 0.25) is 20.1 Å². The summed E-state index contributed by atoms with van der Waals surface area (Å²) in [4.78, 5) is 13.4. The number of phenols is 2. The minimum absolute atomic E-state index is 0.0175. The van der Waals surface area contributed by atoms with E-state index < -0.39 is 17.3 Å². The predicted octanol–water partition coefficient (Wildman–Crippen LogP) is 8.70. The molecule has 0 bridgehead atoms. The molecule has 170 valence electrons. The molecule has 1 atom stereocenters. The third kappa shape index (κ3) is 3.27. The topological polar surface area (TPSA) is 76.0 Å². The van der Waals surface area contributed by atoms with Crippen LogP contribution in [0, 0.1) is 14.3 Å². The quantitative estimate of drug-likeness (QED) is 0.102. The van der Waals surface area contributed by atoms with Crippen molar-refractivity contribution in [2.45, 2.75) is 5.60 Å². The van der Waals surface area contributed by atoms with Gasteiger partial charge in [0.05, 0.1) is 16.1 Å². The number of aromatic hydroxyl groups is 2. The standard InChI is InChI=1S/C20H4Cl4I4O5/c21-8-4(29)2-1-3-17(8)32-18-7(9(22)10(23)16(30)11(18)24)20(3)6-5(19(31)33-20)12(25)14(27)15(28)13(6)26/h1-2,29-30H. The largest absolute Gasteiger partial charge is 0.506 e. The van der Waals surface area contributed by atoms with Gasteiger partial charge in [-0.3, -0.25) is 0 Å². The van der Waals surface area contributed by atoms with Crippen LogP contribution in [-0.2, 0) is 10.3 Å². The Morgan fingerprint density at radius 1 is 0.758 bits per heavy atom. The number of hydrogen-bond donors (Lipinski definition) is 2. The van der Waals surface area contributed by atoms with Gasteiger partial charge in [0.2, 0.25) is 0 Å². The van der Waals surface area contributed by atoms with E-state index in [0.29, 0.717) is 20.3 Å². The highest BCUT2D eigenvalue weighted by atomic mass is 127. The molecule has 1 unspecified atom stereocenters. The molecule has 0 radical (unpaired) electrons. The van der Waals surface area contributed by atoms with E-state index in [4.69, 9.17) is 55.9 Å². The fourth-order valence-corrected chi connectivity index (χ4v) is 8.72. The smallest absolute Gasteiger partial charge is 0.341 e. The number of halogens is 8. The summed E-state index contributed by atoms with van der Waals surface area (Å²) < 4.78 is 15.4. The molecular weight excluding hydrogens is 970 g/mol. The Kier molecular flexibility index (Phi) is 6.57. The SMILES string of the molecule is O=C1OC2(c3ccc(O)c(Cl)c3Oc3c(Cl)c(O)c(Cl)c(Cl)c32)c2c(I)c(I)c(I)c(I)c21. The fraction of sp³-hybridized carbons (Fsp3) is 0.0500. The Morgan fingerprint density at radius 2 is 1.39 bits per heavy atom. The zero-order valence-corrected chi connectivity index (χ0v) is 27.0. The van der Waals surface area contributed by atoms with E-state index in [9.17, 15) is 15.0 Å². The summed E-state index contributed by atoms with van der Waals surface area (Å²) in [5, 5.41) is 20.0. The van der Waals surface area contributed by atoms with Crippen molar-refractivity contribution in [3.8, 4) is 23.0 Å². The van der Waals surface area contributed by atoms with Gasteiger partial charge in [0, 0.05) is 25.4 Å². The molecule has 0 saturated heterocycles. The van der Waals surface area contributed by atoms with Crippen molar-refractivity contribution in [2.24, 2.45) is 0 Å². The van der Waals surface area contributed by atoms with Gasteiger partial charge < -0.3 is 19.7 Å². The number of rotatable bonds is 0. The van der Waals surface area contributed by atoms with Gasteiger partial charge in [-0.2, -0.15) is 0 Å². The predicted molar refractivity (Wildman–Crippen MR) is 159 cm³/mol. The van der Waals surface area contributed by atoms with Crippen LogP contribution in [0.4, 0.5) is 0 Å². The monoisotopic (exact) mass is 971 g/mol. The van der Waals surface area contributed by atoms with E-state index in [2.05, 4.69) is 90.4 Å². The zero-order chi connectivity index (χ0) is 24.1. The van der Waals surface area contributed by atoms with Crippen molar-refractivity contribution in [1.29, 1.82) is 0 Å². The second-order valence-electron chi connectivity index (χ2n) is 6.95. The lowest BCUT2D eigenvalue weighted by molar-refractivity contribution is 0.0222. The van der Waals surface area contributed by atoms with Crippen molar-refractivity contribution < 1.29 is 24.5 Å². The van der Waals surface area contributed by atoms with E-state index in [1.807, 2.05) is 0 Å². The van der Waals surface area contributed by atoms with Gasteiger partial charge in [-0.05, 0) is 102 Å². The molecule has 5 nitrogen and oxygen atoms in total. The number of phenolic OH excluding ortho intramolecular Hbond substituents is 2. The zero-order valence-electron chi connectivity index (χ0n) is 15.3. The molecule has 2 aliphatic heterocycles. The highest BCUT2D eigenvalue weighted by molar-refractivity contribution is 14.1. The molecule has 0 saturated carbocycles. The number of carbonyl (C=O) groups is 1. The summed E-state index contributed by atoms with van der Waals surface area (Å²) in [6.07, 6.45) is 0. The van der Waals surface area contributed by atoms with Crippen LogP contribution < -0.4 is 4.74 Å². The summed E-state index contributed by atoms with van der Waals surface area (Å²) >= 11 is 34.5. The fourth-order valence-electron chi connectivity index (χ4n) is 3.96. The van der Waals surface area contributed by atoms with Gasteiger partial charge in [-0.1, -0.05) is 46.4 Å². The molecule has 33 heavy (non-hydrogen) atoms. The lowest BCUT2D eigenvalue weighted by Crippen LogP contribution is -2.34. The van der Waals surface area contributed by atoms with E-state index in [-0.39, 0.29) is 42.9 Å². The van der Waals surface area contributed by atoms with E-state index in [1.165, 1.54) is 6.07 Å². The van der Waals surface area contributed by atoms with Crippen LogP contribution in [0.15, 0.2) is 12.1 Å². The van der Waals surface area contributed by atoms with Crippen LogP contribution in [0.25, 0.3) is 0 Å². The highest BCUT2D eigenvalue weighted by Gasteiger charge is 2.58. The highest BCUT2D eigenvalue weighted by Crippen LogP contribution is 2.65. The first-order valence-electron chi connectivity index (χ1n) is 8.64. The number of fused-ring (bicyclic) bond motifs is 6. The van der Waals surface area contributed by atoms with Crippen molar-refractivity contribution in [3.63, 3.8) is 0 Å². The van der Waals surface area contributed by atoms with Crippen molar-refractivity contribution >= 4 is 143 Å². The molecule has 3 aromatic carbocycles. The maximum atomic E-state index is 13.4. The summed E-state index contributed by atoms with van der Waals surface area (Å²) in [5.74, 6) is -1.39. The molecule has 0 aromatic heterocycles. The van der Waals surface area contributed by atoms with E-state index >= 15 is 0 Å². The van der Waals surface area contributed by atoms with Gasteiger partial charge in [0.15, 0.2) is 22.8 Å².